The van der Waals surface area contributed by atoms with Gasteiger partial charge in [0.2, 0.25) is 5.89 Å². The van der Waals surface area contributed by atoms with Gasteiger partial charge in [0.05, 0.1) is 23.4 Å². The summed E-state index contributed by atoms with van der Waals surface area (Å²) in [4.78, 5) is 27.8. The van der Waals surface area contributed by atoms with E-state index in [9.17, 15) is 4.79 Å². The molecule has 1 aliphatic carbocycles. The summed E-state index contributed by atoms with van der Waals surface area (Å²) in [5.74, 6) is 2.50. The van der Waals surface area contributed by atoms with Crippen molar-refractivity contribution in [3.63, 3.8) is 0 Å². The molecule has 30 heavy (non-hydrogen) atoms. The van der Waals surface area contributed by atoms with Crippen molar-refractivity contribution in [2.24, 2.45) is 11.8 Å². The molecule has 1 unspecified atom stereocenters. The molecule has 8 nitrogen and oxygen atoms in total. The van der Waals surface area contributed by atoms with Gasteiger partial charge in [0.15, 0.2) is 5.82 Å². The first-order valence-corrected chi connectivity index (χ1v) is 10.2. The molecule has 4 heterocycles. The van der Waals surface area contributed by atoms with E-state index in [0.29, 0.717) is 34.5 Å². The van der Waals surface area contributed by atoms with Crippen molar-refractivity contribution in [1.29, 1.82) is 0 Å². The number of rotatable bonds is 4. The summed E-state index contributed by atoms with van der Waals surface area (Å²) in [5, 5.41) is 5.46. The number of hydrogen-bond donors (Lipinski definition) is 0. The van der Waals surface area contributed by atoms with Gasteiger partial charge in [-0.25, -0.2) is 4.98 Å². The molecule has 1 saturated carbocycles. The van der Waals surface area contributed by atoms with Gasteiger partial charge in [-0.1, -0.05) is 22.8 Å². The van der Waals surface area contributed by atoms with Crippen LogP contribution in [0.5, 0.6) is 0 Å². The van der Waals surface area contributed by atoms with E-state index in [-0.39, 0.29) is 12.1 Å². The van der Waals surface area contributed by atoms with Crippen LogP contribution in [0.3, 0.4) is 0 Å². The van der Waals surface area contributed by atoms with Crippen LogP contribution in [0.4, 0.5) is 5.69 Å². The van der Waals surface area contributed by atoms with Gasteiger partial charge in [-0.2, -0.15) is 4.98 Å². The number of aromatic nitrogens is 5. The molecule has 3 aromatic heterocycles. The largest absolute Gasteiger partial charge is 0.371 e. The van der Waals surface area contributed by atoms with E-state index in [1.54, 1.807) is 18.5 Å². The zero-order valence-corrected chi connectivity index (χ0v) is 16.6. The van der Waals surface area contributed by atoms with E-state index in [2.05, 4.69) is 31.1 Å². The van der Waals surface area contributed by atoms with Crippen LogP contribution in [0.2, 0.25) is 5.02 Å². The van der Waals surface area contributed by atoms with Crippen molar-refractivity contribution in [3.8, 4) is 0 Å². The van der Waals surface area contributed by atoms with Crippen LogP contribution in [0.25, 0.3) is 10.9 Å². The first-order valence-electron chi connectivity index (χ1n) is 9.79. The molecule has 1 saturated heterocycles. The van der Waals surface area contributed by atoms with Crippen LogP contribution in [-0.2, 0) is 6.54 Å². The van der Waals surface area contributed by atoms with Crippen molar-refractivity contribution in [1.82, 2.24) is 24.7 Å². The molecule has 0 N–H and O–H groups in total. The molecule has 0 spiro atoms. The molecule has 2 fully saturated rings. The molecular formula is C21H17ClN6O2. The molecule has 3 atom stereocenters. The maximum atomic E-state index is 12.6. The van der Waals surface area contributed by atoms with Gasteiger partial charge >= 0.3 is 0 Å². The number of pyridine rings is 1. The average Bonchev–Trinajstić information content (AvgIpc) is 3.10. The highest BCUT2D eigenvalue weighted by Crippen LogP contribution is 2.57. The highest BCUT2D eigenvalue weighted by Gasteiger charge is 2.58. The molecule has 9 heteroatoms. The first kappa shape index (κ1) is 17.6. The molecule has 150 valence electrons. The maximum Gasteiger partial charge on any atom is 0.261 e. The van der Waals surface area contributed by atoms with E-state index >= 15 is 0 Å². The van der Waals surface area contributed by atoms with E-state index < -0.39 is 0 Å². The van der Waals surface area contributed by atoms with Crippen LogP contribution in [0.1, 0.15) is 17.6 Å². The summed E-state index contributed by atoms with van der Waals surface area (Å²) in [6.07, 6.45) is 4.65. The van der Waals surface area contributed by atoms with Gasteiger partial charge < -0.3 is 9.42 Å². The van der Waals surface area contributed by atoms with Crippen molar-refractivity contribution in [2.75, 3.05) is 18.0 Å². The number of fused-ring (bicyclic) bond motifs is 2. The van der Waals surface area contributed by atoms with E-state index in [1.807, 2.05) is 18.2 Å². The zero-order valence-electron chi connectivity index (χ0n) is 15.8. The summed E-state index contributed by atoms with van der Waals surface area (Å²) in [6.45, 7) is 2.12. The van der Waals surface area contributed by atoms with Crippen LogP contribution < -0.4 is 10.5 Å². The SMILES string of the molecule is O=c1c2ccncc2ncn1Cc1nc(C2[C@H]3CN(c4cccc(Cl)c4)C[C@@H]23)no1. The lowest BCUT2D eigenvalue weighted by molar-refractivity contribution is 0.363. The third kappa shape index (κ3) is 2.87. The third-order valence-electron chi connectivity index (χ3n) is 6.08. The summed E-state index contributed by atoms with van der Waals surface area (Å²) < 4.78 is 6.92. The van der Waals surface area contributed by atoms with Crippen LogP contribution >= 0.6 is 11.6 Å². The minimum absolute atomic E-state index is 0.150. The smallest absolute Gasteiger partial charge is 0.261 e. The van der Waals surface area contributed by atoms with Gasteiger partial charge in [-0.05, 0) is 36.1 Å². The highest BCUT2D eigenvalue weighted by atomic mass is 35.5. The molecule has 1 aliphatic heterocycles. The van der Waals surface area contributed by atoms with E-state index in [0.717, 1.165) is 29.6 Å². The fourth-order valence-electron chi connectivity index (χ4n) is 4.53. The van der Waals surface area contributed by atoms with Crippen molar-refractivity contribution in [2.45, 2.75) is 12.5 Å². The van der Waals surface area contributed by atoms with Gasteiger partial charge in [-0.3, -0.25) is 14.3 Å². The Kier molecular flexibility index (Phi) is 3.89. The molecule has 0 bridgehead atoms. The number of halogens is 1. The summed E-state index contributed by atoms with van der Waals surface area (Å²) in [7, 11) is 0. The molecular weight excluding hydrogens is 404 g/mol. The normalized spacial score (nSPS) is 22.4. The predicted molar refractivity (Wildman–Crippen MR) is 111 cm³/mol. The Morgan fingerprint density at radius 2 is 2.07 bits per heavy atom. The Labute approximate surface area is 176 Å². The highest BCUT2D eigenvalue weighted by molar-refractivity contribution is 6.30. The van der Waals surface area contributed by atoms with E-state index in [1.165, 1.54) is 10.9 Å². The number of benzene rings is 1. The van der Waals surface area contributed by atoms with Gasteiger partial charge in [0.25, 0.3) is 5.56 Å². The Bertz CT molecular complexity index is 1310. The first-order chi connectivity index (χ1) is 14.7. The van der Waals surface area contributed by atoms with Crippen molar-refractivity contribution < 1.29 is 4.52 Å². The molecule has 6 rings (SSSR count). The predicted octanol–water partition coefficient (Wildman–Crippen LogP) is 2.73. The Balaban J connectivity index is 1.16. The monoisotopic (exact) mass is 420 g/mol. The van der Waals surface area contributed by atoms with Crippen molar-refractivity contribution in [3.05, 3.63) is 76.1 Å². The lowest BCUT2D eigenvalue weighted by atomic mass is 10.2. The number of hydrogen-bond acceptors (Lipinski definition) is 7. The van der Waals surface area contributed by atoms with Gasteiger partial charge in [0, 0.05) is 35.9 Å². The summed E-state index contributed by atoms with van der Waals surface area (Å²) >= 11 is 6.12. The second-order valence-corrected chi connectivity index (χ2v) is 8.29. The summed E-state index contributed by atoms with van der Waals surface area (Å²) in [6, 6.07) is 9.61. The fraction of sp³-hybridized carbons (Fsp3) is 0.286. The van der Waals surface area contributed by atoms with Crippen LogP contribution in [0, 0.1) is 11.8 Å². The lowest BCUT2D eigenvalue weighted by Crippen LogP contribution is -2.23. The second kappa shape index (κ2) is 6.63. The standard InChI is InChI=1S/C21H17ClN6O2/c22-12-2-1-3-13(6-12)27-8-15-16(9-27)19(15)20-25-18(30-26-20)10-28-11-24-17-7-23-5-4-14(17)21(28)29/h1-7,11,15-16,19H,8-10H2/t15-,16+,19?. The molecule has 0 amide bonds. The Morgan fingerprint density at radius 1 is 1.20 bits per heavy atom. The fourth-order valence-corrected chi connectivity index (χ4v) is 4.71. The minimum Gasteiger partial charge on any atom is -0.371 e. The lowest BCUT2D eigenvalue weighted by Gasteiger charge is -2.21. The van der Waals surface area contributed by atoms with Crippen LogP contribution in [-0.4, -0.2) is 37.8 Å². The molecule has 0 radical (unpaired) electrons. The quantitative estimate of drug-likeness (QED) is 0.501. The van der Waals surface area contributed by atoms with Gasteiger partial charge in [-0.15, -0.1) is 0 Å². The number of piperidine rings is 1. The molecule has 2 aliphatic rings. The van der Waals surface area contributed by atoms with E-state index in [4.69, 9.17) is 16.1 Å². The third-order valence-corrected chi connectivity index (χ3v) is 6.32. The average molecular weight is 421 g/mol. The van der Waals surface area contributed by atoms with Crippen LogP contribution in [0.15, 0.2) is 58.4 Å². The van der Waals surface area contributed by atoms with Crippen molar-refractivity contribution >= 4 is 28.2 Å². The molecule has 4 aromatic rings. The van der Waals surface area contributed by atoms with Gasteiger partial charge in [0.1, 0.15) is 6.54 Å². The Hall–Kier alpha value is -3.26. The Morgan fingerprint density at radius 3 is 2.90 bits per heavy atom. The number of nitrogens with zero attached hydrogens (tertiary/aromatic N) is 6. The summed E-state index contributed by atoms with van der Waals surface area (Å²) in [5.41, 5.74) is 1.57. The molecule has 1 aromatic carbocycles. The topological polar surface area (TPSA) is 89.9 Å². The minimum atomic E-state index is -0.150. The maximum absolute atomic E-state index is 12.6. The second-order valence-electron chi connectivity index (χ2n) is 7.86. The number of anilines is 1. The zero-order chi connectivity index (χ0) is 20.2.